The van der Waals surface area contributed by atoms with E-state index in [2.05, 4.69) is 29.1 Å². The van der Waals surface area contributed by atoms with E-state index in [0.717, 1.165) is 17.5 Å². The molecule has 0 bridgehead atoms. The summed E-state index contributed by atoms with van der Waals surface area (Å²) in [5.41, 5.74) is 11.3. The lowest BCUT2D eigenvalue weighted by Gasteiger charge is -2.21. The second kappa shape index (κ2) is 21.3. The van der Waals surface area contributed by atoms with Crippen molar-refractivity contribution >= 4 is 0 Å². The van der Waals surface area contributed by atoms with Crippen molar-refractivity contribution in [2.24, 2.45) is 5.11 Å². The first-order valence-electron chi connectivity index (χ1n) is 14.0. The molecule has 0 spiro atoms. The number of benzene rings is 2. The molecule has 0 saturated carbocycles. The van der Waals surface area contributed by atoms with Crippen molar-refractivity contribution in [3.05, 3.63) is 107 Å². The van der Waals surface area contributed by atoms with E-state index in [9.17, 15) is 5.53 Å². The van der Waals surface area contributed by atoms with Crippen LogP contribution in [0.5, 0.6) is 0 Å². The minimum atomic E-state index is -0.459. The lowest BCUT2D eigenvalue weighted by Crippen LogP contribution is -2.29. The fraction of sp³-hybridized carbons (Fsp3) is 0.500. The van der Waals surface area contributed by atoms with Gasteiger partial charge >= 0.3 is 0 Å². The number of unbranched alkanes of at least 4 members (excludes halogenated alkanes) is 9. The summed E-state index contributed by atoms with van der Waals surface area (Å²) >= 11 is 0. The van der Waals surface area contributed by atoms with E-state index in [1.807, 2.05) is 72.8 Å². The van der Waals surface area contributed by atoms with E-state index < -0.39 is 6.04 Å². The lowest BCUT2D eigenvalue weighted by molar-refractivity contribution is 0.0187. The van der Waals surface area contributed by atoms with Gasteiger partial charge in [0.2, 0.25) is 0 Å². The molecule has 0 aliphatic heterocycles. The van der Waals surface area contributed by atoms with Crippen LogP contribution in [-0.2, 0) is 22.7 Å². The summed E-state index contributed by atoms with van der Waals surface area (Å²) in [6.07, 6.45) is 21.0. The Morgan fingerprint density at radius 1 is 0.784 bits per heavy atom. The largest absolute Gasteiger partial charge is 0.376 e. The van der Waals surface area contributed by atoms with Crippen molar-refractivity contribution in [2.75, 3.05) is 6.61 Å². The highest BCUT2D eigenvalue weighted by Gasteiger charge is 2.19. The Bertz CT molecular complexity index is 908. The Morgan fingerprint density at radius 2 is 1.38 bits per heavy atom. The molecule has 0 N–H and O–H groups in total. The summed E-state index contributed by atoms with van der Waals surface area (Å²) in [5, 5.41) is 4.00. The molecule has 0 heterocycles. The molecular weight excluding hydrogens is 458 g/mol. The summed E-state index contributed by atoms with van der Waals surface area (Å²) in [6, 6.07) is 19.6. The third-order valence-electron chi connectivity index (χ3n) is 6.29. The maximum absolute atomic E-state index is 9.18. The van der Waals surface area contributed by atoms with Gasteiger partial charge in [-0.25, -0.2) is 0 Å². The van der Waals surface area contributed by atoms with Gasteiger partial charge in [-0.05, 0) is 29.5 Å². The first-order valence-corrected chi connectivity index (χ1v) is 14.0. The predicted molar refractivity (Wildman–Crippen MR) is 154 cm³/mol. The fourth-order valence-corrected chi connectivity index (χ4v) is 4.11. The molecule has 2 aromatic rings. The molecule has 37 heavy (non-hydrogen) atoms. The first kappa shape index (κ1) is 30.4. The van der Waals surface area contributed by atoms with Crippen molar-refractivity contribution in [3.63, 3.8) is 0 Å². The molecule has 5 heteroatoms. The molecule has 0 saturated heterocycles. The predicted octanol–water partition coefficient (Wildman–Crippen LogP) is 9.50. The number of rotatable bonds is 21. The summed E-state index contributed by atoms with van der Waals surface area (Å²) < 4.78 is 12.1. The van der Waals surface area contributed by atoms with Gasteiger partial charge in [0.15, 0.2) is 0 Å². The molecule has 0 fully saturated rings. The SMILES string of the molecule is CCCCCCCCCCC/C=C/C=C/[C@H](OCc1ccccc1)[C@H](COCc1ccccc1)N=[N+]=[N-]. The van der Waals surface area contributed by atoms with E-state index in [1.165, 1.54) is 57.8 Å². The van der Waals surface area contributed by atoms with Gasteiger partial charge in [0.05, 0.1) is 32.0 Å². The summed E-state index contributed by atoms with van der Waals surface area (Å²) in [6.45, 7) is 3.45. The molecule has 2 rings (SSSR count). The highest BCUT2D eigenvalue weighted by Crippen LogP contribution is 2.14. The van der Waals surface area contributed by atoms with E-state index in [0.29, 0.717) is 13.2 Å². The molecule has 2 atom stereocenters. The molecule has 0 unspecified atom stereocenters. The minimum Gasteiger partial charge on any atom is -0.376 e. The molecule has 0 aromatic heterocycles. The molecule has 200 valence electrons. The van der Waals surface area contributed by atoms with Gasteiger partial charge in [0, 0.05) is 4.91 Å². The van der Waals surface area contributed by atoms with Crippen molar-refractivity contribution in [1.29, 1.82) is 0 Å². The second-order valence-corrected chi connectivity index (χ2v) is 9.46. The monoisotopic (exact) mass is 503 g/mol. The molecule has 0 aliphatic rings. The van der Waals surface area contributed by atoms with Crippen LogP contribution in [0.4, 0.5) is 0 Å². The maximum Gasteiger partial charge on any atom is 0.0906 e. The van der Waals surface area contributed by atoms with Gasteiger partial charge in [-0.2, -0.15) is 0 Å². The highest BCUT2D eigenvalue weighted by molar-refractivity contribution is 5.15. The van der Waals surface area contributed by atoms with Gasteiger partial charge in [-0.3, -0.25) is 0 Å². The number of azide groups is 1. The van der Waals surface area contributed by atoms with Crippen molar-refractivity contribution < 1.29 is 9.47 Å². The van der Waals surface area contributed by atoms with E-state index >= 15 is 0 Å². The summed E-state index contributed by atoms with van der Waals surface area (Å²) in [5.74, 6) is 0. The van der Waals surface area contributed by atoms with E-state index in [-0.39, 0.29) is 12.7 Å². The minimum absolute atomic E-state index is 0.283. The van der Waals surface area contributed by atoms with Gasteiger partial charge < -0.3 is 9.47 Å². The second-order valence-electron chi connectivity index (χ2n) is 9.46. The van der Waals surface area contributed by atoms with Gasteiger partial charge in [-0.1, -0.05) is 148 Å². The van der Waals surface area contributed by atoms with Crippen LogP contribution >= 0.6 is 0 Å². The van der Waals surface area contributed by atoms with Crippen LogP contribution < -0.4 is 0 Å². The number of allylic oxidation sites excluding steroid dienone is 3. The zero-order valence-corrected chi connectivity index (χ0v) is 22.6. The smallest absolute Gasteiger partial charge is 0.0906 e. The molecule has 0 amide bonds. The van der Waals surface area contributed by atoms with Crippen molar-refractivity contribution in [1.82, 2.24) is 0 Å². The van der Waals surface area contributed by atoms with Crippen molar-refractivity contribution in [3.8, 4) is 0 Å². The van der Waals surface area contributed by atoms with Crippen LogP contribution in [0.3, 0.4) is 0 Å². The Kier molecular flexibility index (Phi) is 17.4. The van der Waals surface area contributed by atoms with Crippen LogP contribution in [0.25, 0.3) is 10.4 Å². The first-order chi connectivity index (χ1) is 18.3. The van der Waals surface area contributed by atoms with Gasteiger partial charge in [-0.15, -0.1) is 0 Å². The number of hydrogen-bond donors (Lipinski definition) is 0. The maximum atomic E-state index is 9.18. The summed E-state index contributed by atoms with van der Waals surface area (Å²) in [4.78, 5) is 3.06. The standard InChI is InChI=1S/C32H45N3O2/c1-2-3-4-5-6-7-8-9-10-11-12-13-20-25-32(37-27-30-23-18-15-19-24-30)31(34-35-33)28-36-26-29-21-16-14-17-22-29/h12-25,31-32H,2-11,26-28H2,1H3/b13-12+,25-20+/t31-,32-/m0/s1. The van der Waals surface area contributed by atoms with Crippen LogP contribution in [-0.4, -0.2) is 18.8 Å². The zero-order valence-electron chi connectivity index (χ0n) is 22.6. The number of hydrogen-bond acceptors (Lipinski definition) is 3. The molecular formula is C32H45N3O2. The Morgan fingerprint density at radius 3 is 2.00 bits per heavy atom. The highest BCUT2D eigenvalue weighted by atomic mass is 16.5. The van der Waals surface area contributed by atoms with E-state index in [1.54, 1.807) is 0 Å². The van der Waals surface area contributed by atoms with Crippen LogP contribution in [0.1, 0.15) is 82.3 Å². The number of nitrogens with zero attached hydrogens (tertiary/aromatic N) is 3. The fourth-order valence-electron chi connectivity index (χ4n) is 4.11. The molecule has 2 aromatic carbocycles. The molecule has 5 nitrogen and oxygen atoms in total. The van der Waals surface area contributed by atoms with Crippen LogP contribution in [0, 0.1) is 0 Å². The average Bonchev–Trinajstić information content (AvgIpc) is 2.93. The Hall–Kier alpha value is -2.85. The number of ether oxygens (including phenoxy) is 2. The molecule has 0 radical (unpaired) electrons. The summed E-state index contributed by atoms with van der Waals surface area (Å²) in [7, 11) is 0. The quantitative estimate of drug-likeness (QED) is 0.0559. The third-order valence-corrected chi connectivity index (χ3v) is 6.29. The Labute approximate surface area is 224 Å². The van der Waals surface area contributed by atoms with E-state index in [4.69, 9.17) is 9.47 Å². The molecule has 0 aliphatic carbocycles. The third kappa shape index (κ3) is 15.1. The normalized spacial score (nSPS) is 13.1. The van der Waals surface area contributed by atoms with Crippen molar-refractivity contribution in [2.45, 2.75) is 96.5 Å². The van der Waals surface area contributed by atoms with Crippen LogP contribution in [0.2, 0.25) is 0 Å². The average molecular weight is 504 g/mol. The van der Waals surface area contributed by atoms with Crippen LogP contribution in [0.15, 0.2) is 90.1 Å². The lowest BCUT2D eigenvalue weighted by atomic mass is 10.1. The zero-order chi connectivity index (χ0) is 26.2. The van der Waals surface area contributed by atoms with Gasteiger partial charge in [0.1, 0.15) is 0 Å². The topological polar surface area (TPSA) is 67.2 Å². The Balaban J connectivity index is 1.81. The van der Waals surface area contributed by atoms with Gasteiger partial charge in [0.25, 0.3) is 0 Å².